The number of nitrogens with one attached hydrogen (secondary N) is 2. The number of thiocarbonyl (C=S) groups is 1. The Labute approximate surface area is 221 Å². The first-order chi connectivity index (χ1) is 16.7. The van der Waals surface area contributed by atoms with Crippen molar-refractivity contribution >= 4 is 54.9 Å². The second-order valence-electron chi connectivity index (χ2n) is 8.59. The van der Waals surface area contributed by atoms with Gasteiger partial charge in [0.05, 0.1) is 17.1 Å². The van der Waals surface area contributed by atoms with E-state index in [0.717, 1.165) is 49.4 Å². The average Bonchev–Trinajstić information content (AvgIpc) is 2.85. The molecular weight excluding hydrogens is 550 g/mol. The Morgan fingerprint density at radius 2 is 1.83 bits per heavy atom. The van der Waals surface area contributed by atoms with Crippen molar-refractivity contribution < 1.29 is 17.9 Å². The third-order valence-corrected chi connectivity index (χ3v) is 8.67. The second kappa shape index (κ2) is 12.8. The third kappa shape index (κ3) is 7.49. The topological polar surface area (TPSA) is 87.7 Å². The third-order valence-electron chi connectivity index (χ3n) is 6.05. The van der Waals surface area contributed by atoms with Gasteiger partial charge >= 0.3 is 0 Å². The van der Waals surface area contributed by atoms with Crippen molar-refractivity contribution in [1.82, 2.24) is 9.62 Å². The summed E-state index contributed by atoms with van der Waals surface area (Å²) in [7, 11) is -1.92. The van der Waals surface area contributed by atoms with E-state index in [-0.39, 0.29) is 16.0 Å². The monoisotopic (exact) mass is 581 g/mol. The molecule has 2 N–H and O–H groups in total. The van der Waals surface area contributed by atoms with Crippen LogP contribution in [0.5, 0.6) is 5.75 Å². The lowest BCUT2D eigenvalue weighted by atomic mass is 9.96. The molecule has 1 aliphatic rings. The second-order valence-corrected chi connectivity index (χ2v) is 11.9. The van der Waals surface area contributed by atoms with Crippen molar-refractivity contribution in [1.29, 1.82) is 0 Å². The summed E-state index contributed by atoms with van der Waals surface area (Å²) in [6.45, 7) is 2.59. The Morgan fingerprint density at radius 3 is 2.49 bits per heavy atom. The number of unbranched alkanes of at least 4 members (excludes halogenated alkanes) is 1. The summed E-state index contributed by atoms with van der Waals surface area (Å²) < 4.78 is 34.1. The van der Waals surface area contributed by atoms with E-state index in [2.05, 4.69) is 33.5 Å². The maximum absolute atomic E-state index is 13.0. The number of amides is 1. The predicted molar refractivity (Wildman–Crippen MR) is 146 cm³/mol. The largest absolute Gasteiger partial charge is 0.493 e. The van der Waals surface area contributed by atoms with Gasteiger partial charge in [-0.2, -0.15) is 4.31 Å². The molecule has 0 spiro atoms. The van der Waals surface area contributed by atoms with Crippen LogP contribution >= 0.6 is 28.1 Å². The van der Waals surface area contributed by atoms with E-state index >= 15 is 0 Å². The van der Waals surface area contributed by atoms with E-state index in [1.165, 1.54) is 4.31 Å². The van der Waals surface area contributed by atoms with Gasteiger partial charge in [-0.3, -0.25) is 10.1 Å². The molecule has 0 saturated heterocycles. The van der Waals surface area contributed by atoms with Gasteiger partial charge in [0, 0.05) is 23.2 Å². The van der Waals surface area contributed by atoms with Crippen molar-refractivity contribution in [3.05, 3.63) is 52.5 Å². The molecule has 1 saturated carbocycles. The van der Waals surface area contributed by atoms with Crippen LogP contribution in [0.2, 0.25) is 0 Å². The van der Waals surface area contributed by atoms with Gasteiger partial charge in [-0.1, -0.05) is 48.5 Å². The van der Waals surface area contributed by atoms with E-state index in [9.17, 15) is 13.2 Å². The molecular formula is C25H32BrN3O4S2. The van der Waals surface area contributed by atoms with Crippen LogP contribution in [0.15, 0.2) is 51.8 Å². The molecule has 190 valence electrons. The maximum atomic E-state index is 13.0. The van der Waals surface area contributed by atoms with Crippen molar-refractivity contribution in [2.24, 2.45) is 0 Å². The molecule has 1 aliphatic carbocycles. The van der Waals surface area contributed by atoms with Crippen molar-refractivity contribution in [2.75, 3.05) is 19.0 Å². The quantitative estimate of drug-likeness (QED) is 0.291. The summed E-state index contributed by atoms with van der Waals surface area (Å²) >= 11 is 8.69. The first-order valence-electron chi connectivity index (χ1n) is 11.8. The van der Waals surface area contributed by atoms with Crippen LogP contribution in [0.3, 0.4) is 0 Å². The minimum atomic E-state index is -3.57. The molecule has 0 unspecified atom stereocenters. The highest BCUT2D eigenvalue weighted by Gasteiger charge is 2.29. The highest BCUT2D eigenvalue weighted by molar-refractivity contribution is 9.10. The van der Waals surface area contributed by atoms with Crippen molar-refractivity contribution in [3.63, 3.8) is 0 Å². The molecule has 0 radical (unpaired) electrons. The average molecular weight is 583 g/mol. The van der Waals surface area contributed by atoms with Gasteiger partial charge in [0.15, 0.2) is 5.11 Å². The van der Waals surface area contributed by atoms with Crippen molar-refractivity contribution in [3.8, 4) is 5.75 Å². The zero-order valence-corrected chi connectivity index (χ0v) is 23.3. The van der Waals surface area contributed by atoms with Gasteiger partial charge in [-0.15, -0.1) is 0 Å². The van der Waals surface area contributed by atoms with E-state index in [1.807, 2.05) is 6.07 Å². The van der Waals surface area contributed by atoms with Gasteiger partial charge < -0.3 is 10.1 Å². The van der Waals surface area contributed by atoms with Gasteiger partial charge in [-0.05, 0) is 73.9 Å². The van der Waals surface area contributed by atoms with Gasteiger partial charge in [0.25, 0.3) is 5.91 Å². The first-order valence-corrected chi connectivity index (χ1v) is 14.5. The molecule has 0 heterocycles. The van der Waals surface area contributed by atoms with Gasteiger partial charge in [0.1, 0.15) is 5.75 Å². The van der Waals surface area contributed by atoms with E-state index in [4.69, 9.17) is 17.0 Å². The summed E-state index contributed by atoms with van der Waals surface area (Å²) in [5.74, 6) is 0.0854. The van der Waals surface area contributed by atoms with Crippen molar-refractivity contribution in [2.45, 2.75) is 62.8 Å². The smallest absolute Gasteiger partial charge is 0.261 e. The molecule has 0 bridgehead atoms. The van der Waals surface area contributed by atoms with Crippen LogP contribution in [0.25, 0.3) is 0 Å². The number of hydrogen-bond acceptors (Lipinski definition) is 5. The number of halogens is 1. The van der Waals surface area contributed by atoms with Crippen LogP contribution in [0, 0.1) is 0 Å². The Bertz CT molecular complexity index is 1130. The number of hydrogen-bond donors (Lipinski definition) is 2. The van der Waals surface area contributed by atoms with Crippen LogP contribution in [0.1, 0.15) is 62.2 Å². The lowest BCUT2D eigenvalue weighted by Crippen LogP contribution is -2.38. The highest BCUT2D eigenvalue weighted by atomic mass is 79.9. The van der Waals surface area contributed by atoms with Crippen LogP contribution in [-0.2, 0) is 10.0 Å². The summed E-state index contributed by atoms with van der Waals surface area (Å²) in [4.78, 5) is 13.1. The number of ether oxygens (including phenoxy) is 1. The zero-order chi connectivity index (χ0) is 25.4. The minimum absolute atomic E-state index is 0.0446. The lowest BCUT2D eigenvalue weighted by Gasteiger charge is -2.30. The Kier molecular flexibility index (Phi) is 10.1. The molecule has 2 aromatic carbocycles. The van der Waals surface area contributed by atoms with Crippen LogP contribution < -0.4 is 15.4 Å². The first kappa shape index (κ1) is 27.6. The maximum Gasteiger partial charge on any atom is 0.261 e. The Hall–Kier alpha value is -2.01. The molecule has 7 nitrogen and oxygen atoms in total. The number of nitrogens with zero attached hydrogens (tertiary/aromatic N) is 1. The minimum Gasteiger partial charge on any atom is -0.493 e. The number of benzene rings is 2. The predicted octanol–water partition coefficient (Wildman–Crippen LogP) is 5.71. The van der Waals surface area contributed by atoms with Gasteiger partial charge in [-0.25, -0.2) is 8.42 Å². The van der Waals surface area contributed by atoms with Crippen LogP contribution in [-0.4, -0.2) is 43.4 Å². The SMILES string of the molecule is CCCCOc1ccc(Br)cc1C(=O)NC(=S)Nc1ccc(S(=O)(=O)N(C)C2CCCCC2)cc1. The van der Waals surface area contributed by atoms with Crippen LogP contribution in [0.4, 0.5) is 5.69 Å². The Morgan fingerprint density at radius 1 is 1.14 bits per heavy atom. The normalized spacial score (nSPS) is 14.5. The number of sulfonamides is 1. The fourth-order valence-corrected chi connectivity index (χ4v) is 5.97. The highest BCUT2D eigenvalue weighted by Crippen LogP contribution is 2.27. The Balaban J connectivity index is 1.63. The lowest BCUT2D eigenvalue weighted by molar-refractivity contribution is 0.0973. The van der Waals surface area contributed by atoms with E-state index in [0.29, 0.717) is 23.6 Å². The molecule has 0 aliphatic heterocycles. The number of carbonyl (C=O) groups excluding carboxylic acids is 1. The molecule has 0 atom stereocenters. The summed E-state index contributed by atoms with van der Waals surface area (Å²) in [5, 5.41) is 5.70. The zero-order valence-electron chi connectivity index (χ0n) is 20.1. The summed E-state index contributed by atoms with van der Waals surface area (Å²) in [6.07, 6.45) is 6.95. The van der Waals surface area contributed by atoms with E-state index < -0.39 is 15.9 Å². The number of carbonyl (C=O) groups is 1. The number of anilines is 1. The molecule has 1 fully saturated rings. The fraction of sp³-hybridized carbons (Fsp3) is 0.440. The molecule has 35 heavy (non-hydrogen) atoms. The molecule has 10 heteroatoms. The summed E-state index contributed by atoms with van der Waals surface area (Å²) in [5.41, 5.74) is 0.940. The fourth-order valence-electron chi connectivity index (χ4n) is 3.98. The molecule has 0 aromatic heterocycles. The summed E-state index contributed by atoms with van der Waals surface area (Å²) in [6, 6.07) is 11.7. The number of rotatable bonds is 9. The van der Waals surface area contributed by atoms with Gasteiger partial charge in [0.2, 0.25) is 10.0 Å². The molecule has 2 aromatic rings. The molecule has 3 rings (SSSR count). The molecule has 1 amide bonds. The standard InChI is InChI=1S/C25H32BrN3O4S2/c1-3-4-16-33-23-15-10-18(26)17-22(23)24(30)28-25(34)27-19-11-13-21(14-12-19)35(31,32)29(2)20-8-6-5-7-9-20/h10-15,17,20H,3-9,16H2,1-2H3,(H2,27,28,30,34). The van der Waals surface area contributed by atoms with E-state index in [1.54, 1.807) is 43.4 Å².